The molecule has 0 amide bonds. The molecule has 3 rings (SSSR count). The molecule has 1 nitrogen and oxygen atoms in total. The van der Waals surface area contributed by atoms with Crippen molar-refractivity contribution in [3.63, 3.8) is 0 Å². The highest BCUT2D eigenvalue weighted by Crippen LogP contribution is 2.39. The van der Waals surface area contributed by atoms with E-state index >= 15 is 0 Å². The molecular formula is C19H25NS. The summed E-state index contributed by atoms with van der Waals surface area (Å²) in [5, 5.41) is 6.14. The molecule has 3 unspecified atom stereocenters. The van der Waals surface area contributed by atoms with Gasteiger partial charge in [0.1, 0.15) is 0 Å². The predicted molar refractivity (Wildman–Crippen MR) is 91.9 cm³/mol. The van der Waals surface area contributed by atoms with Gasteiger partial charge in [-0.15, -0.1) is 11.3 Å². The van der Waals surface area contributed by atoms with Crippen molar-refractivity contribution in [3.05, 3.63) is 57.8 Å². The number of benzene rings is 1. The van der Waals surface area contributed by atoms with Crippen LogP contribution in [0, 0.1) is 0 Å². The molecule has 0 spiro atoms. The van der Waals surface area contributed by atoms with Crippen molar-refractivity contribution in [2.75, 3.05) is 0 Å². The Kier molecular flexibility index (Phi) is 4.77. The quantitative estimate of drug-likeness (QED) is 0.733. The van der Waals surface area contributed by atoms with Crippen molar-refractivity contribution < 1.29 is 0 Å². The fraction of sp³-hybridized carbons (Fsp3) is 0.474. The minimum atomic E-state index is 0.501. The maximum Gasteiger partial charge on any atom is 0.0419 e. The van der Waals surface area contributed by atoms with Gasteiger partial charge in [-0.05, 0) is 47.8 Å². The maximum absolute atomic E-state index is 3.95. The van der Waals surface area contributed by atoms with Gasteiger partial charge in [-0.1, -0.05) is 50.6 Å². The van der Waals surface area contributed by atoms with Crippen molar-refractivity contribution in [2.24, 2.45) is 0 Å². The first-order chi connectivity index (χ1) is 10.3. The molecule has 2 heteroatoms. The lowest BCUT2D eigenvalue weighted by Gasteiger charge is -2.33. The Morgan fingerprint density at radius 3 is 2.67 bits per heavy atom. The highest BCUT2D eigenvalue weighted by Gasteiger charge is 2.26. The number of thiophene rings is 1. The molecule has 1 aromatic heterocycles. The Balaban J connectivity index is 1.82. The predicted octanol–water partition coefficient (Wildman–Crippen LogP) is 5.82. The van der Waals surface area contributed by atoms with Crippen LogP contribution in [0.2, 0.25) is 0 Å². The molecule has 1 aliphatic rings. The molecule has 0 saturated heterocycles. The van der Waals surface area contributed by atoms with Crippen LogP contribution in [0.3, 0.4) is 0 Å². The molecule has 2 aromatic rings. The van der Waals surface area contributed by atoms with Gasteiger partial charge in [0.25, 0.3) is 0 Å². The van der Waals surface area contributed by atoms with E-state index in [0.717, 1.165) is 0 Å². The molecule has 0 saturated carbocycles. The average Bonchev–Trinajstić information content (AvgIpc) is 3.04. The van der Waals surface area contributed by atoms with Crippen LogP contribution >= 0.6 is 11.3 Å². The smallest absolute Gasteiger partial charge is 0.0419 e. The summed E-state index contributed by atoms with van der Waals surface area (Å²) in [5.41, 5.74) is 3.07. The van der Waals surface area contributed by atoms with Crippen LogP contribution in [0.25, 0.3) is 0 Å². The summed E-state index contributed by atoms with van der Waals surface area (Å²) in [4.78, 5) is 1.48. The molecule has 3 atom stereocenters. The zero-order valence-electron chi connectivity index (χ0n) is 13.0. The lowest BCUT2D eigenvalue weighted by Crippen LogP contribution is -2.29. The Bertz CT molecular complexity index is 561. The van der Waals surface area contributed by atoms with E-state index in [0.29, 0.717) is 18.0 Å². The third kappa shape index (κ3) is 3.22. The number of rotatable bonds is 5. The second-order valence-electron chi connectivity index (χ2n) is 6.18. The zero-order valence-corrected chi connectivity index (χ0v) is 13.8. The molecule has 1 N–H and O–H groups in total. The Hall–Kier alpha value is -1.12. The fourth-order valence-electron chi connectivity index (χ4n) is 3.51. The molecule has 0 radical (unpaired) electrons. The minimum Gasteiger partial charge on any atom is -0.302 e. The molecule has 1 heterocycles. The van der Waals surface area contributed by atoms with Gasteiger partial charge in [-0.3, -0.25) is 0 Å². The van der Waals surface area contributed by atoms with Crippen LogP contribution in [0.1, 0.15) is 73.5 Å². The molecule has 0 bridgehead atoms. The van der Waals surface area contributed by atoms with E-state index in [2.05, 4.69) is 60.9 Å². The zero-order chi connectivity index (χ0) is 14.7. The van der Waals surface area contributed by atoms with Gasteiger partial charge < -0.3 is 5.32 Å². The van der Waals surface area contributed by atoms with Gasteiger partial charge in [-0.25, -0.2) is 0 Å². The molecule has 0 fully saturated rings. The highest BCUT2D eigenvalue weighted by molar-refractivity contribution is 7.10. The summed E-state index contributed by atoms with van der Waals surface area (Å²) >= 11 is 1.88. The van der Waals surface area contributed by atoms with Crippen molar-refractivity contribution in [2.45, 2.75) is 57.5 Å². The van der Waals surface area contributed by atoms with Crippen LogP contribution < -0.4 is 5.32 Å². The van der Waals surface area contributed by atoms with Gasteiger partial charge in [0.2, 0.25) is 0 Å². The summed E-state index contributed by atoms with van der Waals surface area (Å²) in [6.07, 6.45) is 4.98. The summed E-state index contributed by atoms with van der Waals surface area (Å²) in [6.45, 7) is 4.64. The topological polar surface area (TPSA) is 12.0 Å². The van der Waals surface area contributed by atoms with Crippen LogP contribution in [0.5, 0.6) is 0 Å². The van der Waals surface area contributed by atoms with Gasteiger partial charge in [0, 0.05) is 17.0 Å². The monoisotopic (exact) mass is 299 g/mol. The van der Waals surface area contributed by atoms with E-state index in [9.17, 15) is 0 Å². The first-order valence-electron chi connectivity index (χ1n) is 8.18. The minimum absolute atomic E-state index is 0.501. The van der Waals surface area contributed by atoms with Crippen molar-refractivity contribution >= 4 is 11.3 Å². The number of fused-ring (bicyclic) bond motifs is 1. The third-order valence-electron chi connectivity index (χ3n) is 4.66. The molecular weight excluding hydrogens is 274 g/mol. The average molecular weight is 299 g/mol. The largest absolute Gasteiger partial charge is 0.302 e. The molecule has 1 aliphatic carbocycles. The Morgan fingerprint density at radius 1 is 1.14 bits per heavy atom. The SMILES string of the molecule is CCCC(NC1CCC(C)c2ccccc21)c1cccs1. The van der Waals surface area contributed by atoms with Gasteiger partial charge in [0.05, 0.1) is 0 Å². The van der Waals surface area contributed by atoms with E-state index < -0.39 is 0 Å². The molecule has 21 heavy (non-hydrogen) atoms. The summed E-state index contributed by atoms with van der Waals surface area (Å²) in [6, 6.07) is 14.5. The van der Waals surface area contributed by atoms with Crippen LogP contribution in [0.4, 0.5) is 0 Å². The summed E-state index contributed by atoms with van der Waals surface area (Å²) in [7, 11) is 0. The van der Waals surface area contributed by atoms with Crippen LogP contribution in [-0.2, 0) is 0 Å². The first-order valence-corrected chi connectivity index (χ1v) is 9.05. The van der Waals surface area contributed by atoms with E-state index in [4.69, 9.17) is 0 Å². The van der Waals surface area contributed by atoms with Gasteiger partial charge in [-0.2, -0.15) is 0 Å². The first kappa shape index (κ1) is 14.8. The lowest BCUT2D eigenvalue weighted by atomic mass is 9.80. The van der Waals surface area contributed by atoms with E-state index in [1.165, 1.54) is 36.1 Å². The Morgan fingerprint density at radius 2 is 1.95 bits per heavy atom. The second kappa shape index (κ2) is 6.76. The maximum atomic E-state index is 3.95. The normalized spacial score (nSPS) is 22.8. The number of hydrogen-bond acceptors (Lipinski definition) is 2. The van der Waals surface area contributed by atoms with Gasteiger partial charge in [0.15, 0.2) is 0 Å². The molecule has 0 aliphatic heterocycles. The van der Waals surface area contributed by atoms with E-state index in [1.807, 2.05) is 11.3 Å². The second-order valence-corrected chi connectivity index (χ2v) is 7.16. The van der Waals surface area contributed by atoms with Crippen LogP contribution in [-0.4, -0.2) is 0 Å². The van der Waals surface area contributed by atoms with Gasteiger partial charge >= 0.3 is 0 Å². The molecule has 112 valence electrons. The molecule has 1 aromatic carbocycles. The third-order valence-corrected chi connectivity index (χ3v) is 5.64. The highest BCUT2D eigenvalue weighted by atomic mass is 32.1. The van der Waals surface area contributed by atoms with Crippen LogP contribution in [0.15, 0.2) is 41.8 Å². The lowest BCUT2D eigenvalue weighted by molar-refractivity contribution is 0.373. The number of hydrogen-bond donors (Lipinski definition) is 1. The van der Waals surface area contributed by atoms with Crippen molar-refractivity contribution in [3.8, 4) is 0 Å². The number of nitrogens with one attached hydrogen (secondary N) is 1. The van der Waals surface area contributed by atoms with Crippen molar-refractivity contribution in [1.29, 1.82) is 0 Å². The summed E-state index contributed by atoms with van der Waals surface area (Å²) < 4.78 is 0. The summed E-state index contributed by atoms with van der Waals surface area (Å²) in [5.74, 6) is 0.700. The Labute approximate surface area is 132 Å². The standard InChI is InChI=1S/C19H25NS/c1-3-7-18(19-10-6-13-21-19)20-17-12-11-14(2)15-8-4-5-9-16(15)17/h4-6,8-10,13-14,17-18,20H,3,7,11-12H2,1-2H3. The van der Waals surface area contributed by atoms with E-state index in [-0.39, 0.29) is 0 Å². The van der Waals surface area contributed by atoms with E-state index in [1.54, 1.807) is 5.56 Å². The van der Waals surface area contributed by atoms with Crippen molar-refractivity contribution in [1.82, 2.24) is 5.32 Å². The fourth-order valence-corrected chi connectivity index (χ4v) is 4.33.